The summed E-state index contributed by atoms with van der Waals surface area (Å²) in [6, 6.07) is 1.93. The smallest absolute Gasteiger partial charge is 0.235 e. The van der Waals surface area contributed by atoms with E-state index in [9.17, 15) is 0 Å². The lowest BCUT2D eigenvalue weighted by molar-refractivity contribution is -0.0103. The van der Waals surface area contributed by atoms with Crippen molar-refractivity contribution in [3.63, 3.8) is 0 Å². The van der Waals surface area contributed by atoms with Crippen LogP contribution >= 0.6 is 11.3 Å². The molecular formula is C17H19N5OS. The number of nitrogens with zero attached hydrogens (tertiary/aromatic N) is 5. The molecule has 7 heteroatoms. The summed E-state index contributed by atoms with van der Waals surface area (Å²) >= 11 is 1.54. The largest absolute Gasteiger partial charge is 0.361 e. The van der Waals surface area contributed by atoms with Crippen molar-refractivity contribution < 1.29 is 4.52 Å². The third-order valence-electron chi connectivity index (χ3n) is 6.35. The van der Waals surface area contributed by atoms with Crippen molar-refractivity contribution in [1.82, 2.24) is 25.0 Å². The SMILES string of the molecule is Cc1cc(-c2nn3c(C45CC6CC(CC(C6)C4)C5)nnc3s2)no1. The zero-order valence-corrected chi connectivity index (χ0v) is 14.4. The van der Waals surface area contributed by atoms with Crippen LogP contribution in [0.5, 0.6) is 0 Å². The van der Waals surface area contributed by atoms with Crippen LogP contribution in [0.4, 0.5) is 0 Å². The Morgan fingerprint density at radius 1 is 1.12 bits per heavy atom. The summed E-state index contributed by atoms with van der Waals surface area (Å²) in [6.07, 6.45) is 8.12. The molecule has 4 bridgehead atoms. The highest BCUT2D eigenvalue weighted by atomic mass is 32.1. The second-order valence-electron chi connectivity index (χ2n) is 8.15. The quantitative estimate of drug-likeness (QED) is 0.712. The summed E-state index contributed by atoms with van der Waals surface area (Å²) in [5.41, 5.74) is 0.999. The molecule has 4 aliphatic rings. The Morgan fingerprint density at radius 3 is 2.46 bits per heavy atom. The van der Waals surface area contributed by atoms with Crippen LogP contribution in [0.3, 0.4) is 0 Å². The molecule has 0 amide bonds. The van der Waals surface area contributed by atoms with Crippen LogP contribution in [0, 0.1) is 24.7 Å². The summed E-state index contributed by atoms with van der Waals surface area (Å²) in [5, 5.41) is 18.8. The molecule has 0 N–H and O–H groups in total. The van der Waals surface area contributed by atoms with E-state index in [1.54, 1.807) is 11.3 Å². The first-order valence-electron chi connectivity index (χ1n) is 8.85. The van der Waals surface area contributed by atoms with Gasteiger partial charge in [0.1, 0.15) is 11.5 Å². The molecule has 7 rings (SSSR count). The zero-order valence-electron chi connectivity index (χ0n) is 13.6. The molecule has 3 aromatic heterocycles. The third kappa shape index (κ3) is 1.76. The van der Waals surface area contributed by atoms with Crippen LogP contribution in [-0.2, 0) is 5.41 Å². The maximum Gasteiger partial charge on any atom is 0.235 e. The average Bonchev–Trinajstić information content (AvgIpc) is 3.19. The van der Waals surface area contributed by atoms with E-state index in [4.69, 9.17) is 9.62 Å². The second kappa shape index (κ2) is 4.45. The van der Waals surface area contributed by atoms with E-state index in [-0.39, 0.29) is 5.41 Å². The van der Waals surface area contributed by atoms with Crippen molar-refractivity contribution >= 4 is 16.3 Å². The first-order chi connectivity index (χ1) is 11.7. The predicted octanol–water partition coefficient (Wildman–Crippen LogP) is 3.62. The van der Waals surface area contributed by atoms with Gasteiger partial charge < -0.3 is 4.52 Å². The molecule has 4 saturated carbocycles. The van der Waals surface area contributed by atoms with Gasteiger partial charge in [0.2, 0.25) is 4.96 Å². The molecule has 4 aliphatic carbocycles. The highest BCUT2D eigenvalue weighted by Crippen LogP contribution is 2.60. The molecule has 0 aliphatic heterocycles. The maximum atomic E-state index is 5.19. The van der Waals surface area contributed by atoms with Crippen LogP contribution in [0.15, 0.2) is 10.6 Å². The second-order valence-corrected chi connectivity index (χ2v) is 9.10. The van der Waals surface area contributed by atoms with Crippen LogP contribution in [0.25, 0.3) is 15.7 Å². The monoisotopic (exact) mass is 341 g/mol. The number of hydrogen-bond donors (Lipinski definition) is 0. The lowest BCUT2D eigenvalue weighted by Crippen LogP contribution is -2.49. The molecule has 0 unspecified atom stereocenters. The minimum Gasteiger partial charge on any atom is -0.361 e. The van der Waals surface area contributed by atoms with E-state index in [1.165, 1.54) is 38.5 Å². The molecule has 3 aromatic rings. The standard InChI is InChI=1S/C17H19N5OS/c1-9-2-13(21-23-9)14-20-22-15(18-19-16(22)24-14)17-6-10-3-11(7-17)5-12(4-10)8-17/h2,10-12H,3-8H2,1H3. The van der Waals surface area contributed by atoms with Gasteiger partial charge in [-0.1, -0.05) is 16.5 Å². The van der Waals surface area contributed by atoms with Crippen LogP contribution < -0.4 is 0 Å². The summed E-state index contributed by atoms with van der Waals surface area (Å²) in [6.45, 7) is 1.90. The number of aryl methyl sites for hydroxylation is 1. The van der Waals surface area contributed by atoms with Crippen molar-refractivity contribution in [2.24, 2.45) is 17.8 Å². The van der Waals surface area contributed by atoms with Gasteiger partial charge in [-0.3, -0.25) is 0 Å². The average molecular weight is 341 g/mol. The van der Waals surface area contributed by atoms with Crippen molar-refractivity contribution in [1.29, 1.82) is 0 Å². The number of aromatic nitrogens is 5. The summed E-state index contributed by atoms with van der Waals surface area (Å²) in [7, 11) is 0. The van der Waals surface area contributed by atoms with Crippen LogP contribution in [0.1, 0.15) is 50.1 Å². The van der Waals surface area contributed by atoms with Gasteiger partial charge in [0, 0.05) is 11.5 Å². The number of hydrogen-bond acceptors (Lipinski definition) is 6. The van der Waals surface area contributed by atoms with Crippen LogP contribution in [-0.4, -0.2) is 25.0 Å². The fourth-order valence-electron chi connectivity index (χ4n) is 5.90. The fourth-order valence-corrected chi connectivity index (χ4v) is 6.69. The maximum absolute atomic E-state index is 5.19. The van der Waals surface area contributed by atoms with E-state index >= 15 is 0 Å². The summed E-state index contributed by atoms with van der Waals surface area (Å²) < 4.78 is 7.19. The van der Waals surface area contributed by atoms with Gasteiger partial charge in [0.25, 0.3) is 0 Å². The van der Waals surface area contributed by atoms with Crippen molar-refractivity contribution in [2.45, 2.75) is 50.9 Å². The van der Waals surface area contributed by atoms with Crippen molar-refractivity contribution in [3.05, 3.63) is 17.7 Å². The first kappa shape index (κ1) is 13.5. The normalized spacial score (nSPS) is 34.5. The minimum atomic E-state index is 0.208. The Hall–Kier alpha value is -1.76. The fraction of sp³-hybridized carbons (Fsp3) is 0.647. The molecule has 0 atom stereocenters. The van der Waals surface area contributed by atoms with Gasteiger partial charge in [0.05, 0.1) is 0 Å². The third-order valence-corrected chi connectivity index (χ3v) is 7.27. The molecule has 3 heterocycles. The van der Waals surface area contributed by atoms with E-state index in [1.807, 2.05) is 17.5 Å². The number of rotatable bonds is 2. The summed E-state index contributed by atoms with van der Waals surface area (Å²) in [4.78, 5) is 0.872. The van der Waals surface area contributed by atoms with E-state index < -0.39 is 0 Å². The van der Waals surface area contributed by atoms with Gasteiger partial charge in [-0.15, -0.1) is 10.2 Å². The Balaban J connectivity index is 1.47. The minimum absolute atomic E-state index is 0.208. The van der Waals surface area contributed by atoms with Gasteiger partial charge in [-0.05, 0) is 63.2 Å². The highest BCUT2D eigenvalue weighted by Gasteiger charge is 2.54. The molecule has 124 valence electrons. The molecule has 4 fully saturated rings. The van der Waals surface area contributed by atoms with Gasteiger partial charge in [-0.25, -0.2) is 0 Å². The van der Waals surface area contributed by atoms with E-state index in [2.05, 4.69) is 15.4 Å². The first-order valence-corrected chi connectivity index (χ1v) is 9.67. The highest BCUT2D eigenvalue weighted by molar-refractivity contribution is 7.19. The summed E-state index contributed by atoms with van der Waals surface area (Å²) in [5.74, 6) is 4.57. The molecule has 0 radical (unpaired) electrons. The zero-order chi connectivity index (χ0) is 15.9. The molecule has 24 heavy (non-hydrogen) atoms. The molecular weight excluding hydrogens is 322 g/mol. The molecule has 0 saturated heterocycles. The Kier molecular flexibility index (Phi) is 2.50. The molecule has 0 aromatic carbocycles. The molecule has 6 nitrogen and oxygen atoms in total. The van der Waals surface area contributed by atoms with Crippen LogP contribution in [0.2, 0.25) is 0 Å². The lowest BCUT2D eigenvalue weighted by Gasteiger charge is -2.55. The predicted molar refractivity (Wildman–Crippen MR) is 88.7 cm³/mol. The van der Waals surface area contributed by atoms with E-state index in [0.29, 0.717) is 0 Å². The lowest BCUT2D eigenvalue weighted by atomic mass is 9.49. The number of fused-ring (bicyclic) bond motifs is 1. The van der Waals surface area contributed by atoms with Gasteiger partial charge in [-0.2, -0.15) is 9.61 Å². The van der Waals surface area contributed by atoms with E-state index in [0.717, 1.165) is 45.0 Å². The topological polar surface area (TPSA) is 69.1 Å². The van der Waals surface area contributed by atoms with Crippen molar-refractivity contribution in [2.75, 3.05) is 0 Å². The van der Waals surface area contributed by atoms with Crippen molar-refractivity contribution in [3.8, 4) is 10.7 Å². The Morgan fingerprint density at radius 2 is 1.83 bits per heavy atom. The Labute approximate surface area is 143 Å². The van der Waals surface area contributed by atoms with Gasteiger partial charge in [0.15, 0.2) is 10.8 Å². The Bertz CT molecular complexity index is 903. The van der Waals surface area contributed by atoms with Gasteiger partial charge >= 0.3 is 0 Å². The molecule has 0 spiro atoms.